The standard InChI is InChI=1S/C14H18N4O2/c15-12-2-1-10-11(9-3-5-16-6-4-9)7-18(8-13(19)20)14(10)17-12/h1-2,7,9,16H,3-6,8H2,(H2,15,17)(H,19,20). The number of carbonyl (C=O) groups is 1. The number of carboxylic acid groups (broad SMARTS) is 1. The Morgan fingerprint density at radius 3 is 2.90 bits per heavy atom. The molecular formula is C14H18N4O2. The molecule has 2 aromatic rings. The molecule has 0 saturated carbocycles. The average molecular weight is 274 g/mol. The summed E-state index contributed by atoms with van der Waals surface area (Å²) >= 11 is 0. The van der Waals surface area contributed by atoms with Crippen molar-refractivity contribution in [3.63, 3.8) is 0 Å². The summed E-state index contributed by atoms with van der Waals surface area (Å²) in [6.45, 7) is 1.91. The lowest BCUT2D eigenvalue weighted by molar-refractivity contribution is -0.137. The topological polar surface area (TPSA) is 93.2 Å². The molecule has 1 aliphatic rings. The predicted octanol–water partition coefficient (Wildman–Crippen LogP) is 1.17. The number of nitrogens with zero attached hydrogens (tertiary/aromatic N) is 2. The molecule has 1 saturated heterocycles. The Morgan fingerprint density at radius 2 is 2.20 bits per heavy atom. The van der Waals surface area contributed by atoms with Crippen molar-refractivity contribution in [2.45, 2.75) is 25.3 Å². The minimum Gasteiger partial charge on any atom is -0.480 e. The summed E-state index contributed by atoms with van der Waals surface area (Å²) in [7, 11) is 0. The van der Waals surface area contributed by atoms with Crippen LogP contribution >= 0.6 is 0 Å². The number of aliphatic carboxylic acids is 1. The lowest BCUT2D eigenvalue weighted by atomic mass is 9.90. The van der Waals surface area contributed by atoms with E-state index in [1.807, 2.05) is 12.3 Å². The van der Waals surface area contributed by atoms with Crippen LogP contribution in [0.4, 0.5) is 5.82 Å². The fraction of sp³-hybridized carbons (Fsp3) is 0.429. The quantitative estimate of drug-likeness (QED) is 0.781. The molecule has 0 aliphatic carbocycles. The van der Waals surface area contributed by atoms with Gasteiger partial charge in [0, 0.05) is 11.6 Å². The molecule has 1 aliphatic heterocycles. The van der Waals surface area contributed by atoms with Crippen LogP contribution < -0.4 is 11.1 Å². The van der Waals surface area contributed by atoms with Crippen LogP contribution in [0.1, 0.15) is 24.3 Å². The van der Waals surface area contributed by atoms with E-state index < -0.39 is 5.97 Å². The Balaban J connectivity index is 2.09. The molecule has 20 heavy (non-hydrogen) atoms. The predicted molar refractivity (Wildman–Crippen MR) is 76.6 cm³/mol. The highest BCUT2D eigenvalue weighted by Gasteiger charge is 2.21. The number of fused-ring (bicyclic) bond motifs is 1. The molecule has 1 fully saturated rings. The number of nitrogen functional groups attached to an aromatic ring is 1. The van der Waals surface area contributed by atoms with Crippen LogP contribution in [0.15, 0.2) is 18.3 Å². The molecule has 0 aromatic carbocycles. The number of hydrogen-bond acceptors (Lipinski definition) is 4. The number of piperidine rings is 1. The highest BCUT2D eigenvalue weighted by atomic mass is 16.4. The summed E-state index contributed by atoms with van der Waals surface area (Å²) in [4.78, 5) is 15.3. The third-order valence-corrected chi connectivity index (χ3v) is 3.86. The molecule has 0 radical (unpaired) electrons. The van der Waals surface area contributed by atoms with Gasteiger partial charge < -0.3 is 20.7 Å². The maximum absolute atomic E-state index is 11.0. The van der Waals surface area contributed by atoms with E-state index in [1.165, 1.54) is 5.56 Å². The molecular weight excluding hydrogens is 256 g/mol. The third-order valence-electron chi connectivity index (χ3n) is 3.86. The molecule has 0 spiro atoms. The first-order valence-corrected chi connectivity index (χ1v) is 6.83. The first kappa shape index (κ1) is 12.9. The average Bonchev–Trinajstić information content (AvgIpc) is 2.77. The van der Waals surface area contributed by atoms with Crippen molar-refractivity contribution in [3.05, 3.63) is 23.9 Å². The van der Waals surface area contributed by atoms with Gasteiger partial charge in [0.2, 0.25) is 0 Å². The van der Waals surface area contributed by atoms with E-state index in [2.05, 4.69) is 10.3 Å². The molecule has 0 unspecified atom stereocenters. The van der Waals surface area contributed by atoms with E-state index in [0.29, 0.717) is 17.4 Å². The van der Waals surface area contributed by atoms with E-state index >= 15 is 0 Å². The van der Waals surface area contributed by atoms with Crippen LogP contribution in [-0.4, -0.2) is 33.7 Å². The lowest BCUT2D eigenvalue weighted by Gasteiger charge is -2.22. The van der Waals surface area contributed by atoms with Crippen molar-refractivity contribution in [2.24, 2.45) is 0 Å². The van der Waals surface area contributed by atoms with Crippen molar-refractivity contribution < 1.29 is 9.90 Å². The maximum Gasteiger partial charge on any atom is 0.323 e. The molecule has 3 rings (SSSR count). The van der Waals surface area contributed by atoms with Crippen molar-refractivity contribution in [1.82, 2.24) is 14.9 Å². The Kier molecular flexibility index (Phi) is 3.31. The van der Waals surface area contributed by atoms with E-state index in [1.54, 1.807) is 10.6 Å². The van der Waals surface area contributed by atoms with Crippen LogP contribution in [0.3, 0.4) is 0 Å². The van der Waals surface area contributed by atoms with Crippen molar-refractivity contribution in [2.75, 3.05) is 18.8 Å². The van der Waals surface area contributed by atoms with Gasteiger partial charge in [0.05, 0.1) is 0 Å². The van der Waals surface area contributed by atoms with E-state index in [4.69, 9.17) is 10.8 Å². The molecule has 3 heterocycles. The van der Waals surface area contributed by atoms with Crippen molar-refractivity contribution in [1.29, 1.82) is 0 Å². The second kappa shape index (κ2) is 5.13. The minimum atomic E-state index is -0.872. The molecule has 0 amide bonds. The van der Waals surface area contributed by atoms with E-state index in [0.717, 1.165) is 31.3 Å². The van der Waals surface area contributed by atoms with Crippen molar-refractivity contribution >= 4 is 22.8 Å². The smallest absolute Gasteiger partial charge is 0.323 e. The van der Waals surface area contributed by atoms with Gasteiger partial charge in [0.15, 0.2) is 0 Å². The fourth-order valence-corrected chi connectivity index (χ4v) is 2.93. The van der Waals surface area contributed by atoms with E-state index in [-0.39, 0.29) is 6.54 Å². The Hall–Kier alpha value is -2.08. The zero-order valence-electron chi connectivity index (χ0n) is 11.2. The number of aromatic nitrogens is 2. The highest BCUT2D eigenvalue weighted by molar-refractivity contribution is 5.84. The molecule has 0 bridgehead atoms. The summed E-state index contributed by atoms with van der Waals surface area (Å²) in [6, 6.07) is 3.73. The SMILES string of the molecule is Nc1ccc2c(C3CCNCC3)cn(CC(=O)O)c2n1. The molecule has 6 heteroatoms. The number of pyridine rings is 1. The van der Waals surface area contributed by atoms with Crippen molar-refractivity contribution in [3.8, 4) is 0 Å². The van der Waals surface area contributed by atoms with Gasteiger partial charge in [-0.05, 0) is 49.5 Å². The van der Waals surface area contributed by atoms with E-state index in [9.17, 15) is 4.79 Å². The normalized spacial score (nSPS) is 16.6. The molecule has 6 nitrogen and oxygen atoms in total. The number of carboxylic acids is 1. The number of nitrogens with one attached hydrogen (secondary N) is 1. The van der Waals surface area contributed by atoms with Crippen LogP contribution in [0.5, 0.6) is 0 Å². The van der Waals surface area contributed by atoms with Crippen LogP contribution in [0.2, 0.25) is 0 Å². The highest BCUT2D eigenvalue weighted by Crippen LogP contribution is 2.32. The van der Waals surface area contributed by atoms with Gasteiger partial charge >= 0.3 is 5.97 Å². The minimum absolute atomic E-state index is 0.0854. The monoisotopic (exact) mass is 274 g/mol. The molecule has 0 atom stereocenters. The summed E-state index contributed by atoms with van der Waals surface area (Å²) in [6.07, 6.45) is 4.06. The second-order valence-electron chi connectivity index (χ2n) is 5.24. The van der Waals surface area contributed by atoms with Crippen LogP contribution in [0.25, 0.3) is 11.0 Å². The zero-order chi connectivity index (χ0) is 14.1. The number of hydrogen-bond donors (Lipinski definition) is 3. The summed E-state index contributed by atoms with van der Waals surface area (Å²) in [5.74, 6) is 0.00121. The largest absolute Gasteiger partial charge is 0.480 e. The summed E-state index contributed by atoms with van der Waals surface area (Å²) in [5, 5.41) is 13.4. The summed E-state index contributed by atoms with van der Waals surface area (Å²) in [5.41, 5.74) is 7.59. The first-order valence-electron chi connectivity index (χ1n) is 6.83. The fourth-order valence-electron chi connectivity index (χ4n) is 2.93. The van der Waals surface area contributed by atoms with Gasteiger partial charge in [-0.15, -0.1) is 0 Å². The second-order valence-corrected chi connectivity index (χ2v) is 5.24. The molecule has 4 N–H and O–H groups in total. The molecule has 2 aromatic heterocycles. The summed E-state index contributed by atoms with van der Waals surface area (Å²) < 4.78 is 1.69. The van der Waals surface area contributed by atoms with Gasteiger partial charge in [0.25, 0.3) is 0 Å². The lowest BCUT2D eigenvalue weighted by Crippen LogP contribution is -2.26. The van der Waals surface area contributed by atoms with Gasteiger partial charge in [-0.2, -0.15) is 0 Å². The van der Waals surface area contributed by atoms with Gasteiger partial charge in [-0.3, -0.25) is 4.79 Å². The first-order chi connectivity index (χ1) is 9.65. The Bertz CT molecular complexity index is 644. The van der Waals surface area contributed by atoms with Gasteiger partial charge in [-0.1, -0.05) is 0 Å². The van der Waals surface area contributed by atoms with Gasteiger partial charge in [0.1, 0.15) is 18.0 Å². The Labute approximate surface area is 116 Å². The number of rotatable bonds is 3. The van der Waals surface area contributed by atoms with Crippen LogP contribution in [-0.2, 0) is 11.3 Å². The van der Waals surface area contributed by atoms with Gasteiger partial charge in [-0.25, -0.2) is 4.98 Å². The maximum atomic E-state index is 11.0. The Morgan fingerprint density at radius 1 is 1.45 bits per heavy atom. The molecule has 106 valence electrons. The third kappa shape index (κ3) is 2.34. The van der Waals surface area contributed by atoms with Crippen LogP contribution in [0, 0.1) is 0 Å². The number of anilines is 1. The zero-order valence-corrected chi connectivity index (χ0v) is 11.2. The number of nitrogens with two attached hydrogens (primary N) is 1.